The summed E-state index contributed by atoms with van der Waals surface area (Å²) in [6, 6.07) is 0. The van der Waals surface area contributed by atoms with Crippen molar-refractivity contribution >= 4 is 35.6 Å². The molecule has 0 fully saturated rings. The van der Waals surface area contributed by atoms with E-state index in [9.17, 15) is 28.8 Å². The maximum Gasteiger partial charge on any atom is 0.320 e. The molecule has 0 aliphatic rings. The Hall–Kier alpha value is -3.06. The van der Waals surface area contributed by atoms with Crippen LogP contribution in [-0.2, 0) is 57.2 Å². The van der Waals surface area contributed by atoms with E-state index in [0.29, 0.717) is 38.8 Å². The van der Waals surface area contributed by atoms with Crippen LogP contribution < -0.4 is 0 Å². The summed E-state index contributed by atoms with van der Waals surface area (Å²) in [6.45, 7) is 11.8. The molecule has 0 aromatic heterocycles. The highest BCUT2D eigenvalue weighted by atomic mass is 16.6. The van der Waals surface area contributed by atoms with Crippen LogP contribution in [0.5, 0.6) is 0 Å². The average molecular weight is 954 g/mol. The topological polar surface area (TPSA) is 161 Å². The second-order valence-corrected chi connectivity index (χ2v) is 19.3. The molecule has 0 rings (SSSR count). The molecule has 0 aromatic carbocycles. The lowest BCUT2D eigenvalue weighted by atomic mass is 9.90. The van der Waals surface area contributed by atoms with Gasteiger partial charge in [-0.05, 0) is 71.5 Å². The third-order valence-electron chi connectivity index (χ3n) is 12.3. The molecule has 0 aliphatic carbocycles. The number of rotatable bonds is 47. The fourth-order valence-corrected chi connectivity index (χ4v) is 7.81. The number of nitrogens with zero attached hydrogens (tertiary/aromatic N) is 1. The molecular formula is C54H99NO12. The summed E-state index contributed by atoms with van der Waals surface area (Å²) in [5.74, 6) is -5.79. The van der Waals surface area contributed by atoms with Crippen LogP contribution in [0.4, 0.5) is 0 Å². The van der Waals surface area contributed by atoms with Crippen molar-refractivity contribution in [3.05, 3.63) is 0 Å². The van der Waals surface area contributed by atoms with Crippen molar-refractivity contribution in [3.8, 4) is 0 Å². The number of hydrogen-bond donors (Lipinski definition) is 0. The Morgan fingerprint density at radius 2 is 0.851 bits per heavy atom. The molecule has 67 heavy (non-hydrogen) atoms. The van der Waals surface area contributed by atoms with Crippen LogP contribution in [0.2, 0.25) is 0 Å². The Balaban J connectivity index is 6.97. The monoisotopic (exact) mass is 954 g/mol. The Kier molecular flexibility index (Phi) is 41.0. The van der Waals surface area contributed by atoms with Gasteiger partial charge in [0.2, 0.25) is 0 Å². The minimum atomic E-state index is -1.57. The van der Waals surface area contributed by atoms with Crippen molar-refractivity contribution in [2.45, 2.75) is 221 Å². The summed E-state index contributed by atoms with van der Waals surface area (Å²) in [5, 5.41) is 0. The van der Waals surface area contributed by atoms with Gasteiger partial charge in [0, 0.05) is 19.4 Å². The summed E-state index contributed by atoms with van der Waals surface area (Å²) in [7, 11) is 3.82. The van der Waals surface area contributed by atoms with Gasteiger partial charge in [-0.1, -0.05) is 164 Å². The van der Waals surface area contributed by atoms with Crippen LogP contribution in [0.25, 0.3) is 0 Å². The first kappa shape index (κ1) is 63.9. The van der Waals surface area contributed by atoms with Crippen molar-refractivity contribution in [3.63, 3.8) is 0 Å². The van der Waals surface area contributed by atoms with E-state index in [4.69, 9.17) is 28.4 Å². The first-order chi connectivity index (χ1) is 32.3. The average Bonchev–Trinajstić information content (AvgIpc) is 3.30. The number of carbonyl (C=O) groups is 6. The van der Waals surface area contributed by atoms with Gasteiger partial charge >= 0.3 is 29.8 Å². The number of esters is 5. The quantitative estimate of drug-likeness (QED) is 0.0245. The van der Waals surface area contributed by atoms with Gasteiger partial charge in [0.05, 0.1) is 6.61 Å². The SMILES string of the molecule is CCCCCCOC(=O)C(CCCCCC)C(=O)OCC(COC(=O)CCCN(C)C)(COC(=O)CC(CCCCC)CCCCC)COC(=O)C(CCCCCC)C(=O)COCCCCC. The zero-order valence-corrected chi connectivity index (χ0v) is 44.0. The highest BCUT2D eigenvalue weighted by Crippen LogP contribution is 2.27. The fourth-order valence-electron chi connectivity index (χ4n) is 7.81. The van der Waals surface area contributed by atoms with Crippen molar-refractivity contribution in [2.24, 2.45) is 23.2 Å². The molecule has 0 saturated heterocycles. The van der Waals surface area contributed by atoms with Gasteiger partial charge in [0.1, 0.15) is 44.4 Å². The van der Waals surface area contributed by atoms with Crippen LogP contribution >= 0.6 is 0 Å². The highest BCUT2D eigenvalue weighted by molar-refractivity contribution is 5.99. The van der Waals surface area contributed by atoms with E-state index in [-0.39, 0.29) is 50.6 Å². The van der Waals surface area contributed by atoms with Gasteiger partial charge in [-0.15, -0.1) is 0 Å². The number of Topliss-reactive ketones (excluding diaryl/α,β-unsaturated/α-hetero) is 1. The second-order valence-electron chi connectivity index (χ2n) is 19.3. The van der Waals surface area contributed by atoms with E-state index < -0.39 is 73.5 Å². The number of hydrogen-bond acceptors (Lipinski definition) is 13. The van der Waals surface area contributed by atoms with Crippen molar-refractivity contribution in [1.82, 2.24) is 4.90 Å². The van der Waals surface area contributed by atoms with Gasteiger partial charge in [0.15, 0.2) is 11.7 Å². The van der Waals surface area contributed by atoms with Crippen LogP contribution in [0.3, 0.4) is 0 Å². The molecule has 0 radical (unpaired) electrons. The van der Waals surface area contributed by atoms with E-state index in [1.807, 2.05) is 19.0 Å². The number of carbonyl (C=O) groups excluding carboxylic acids is 6. The van der Waals surface area contributed by atoms with Gasteiger partial charge in [-0.25, -0.2) is 0 Å². The Labute approximate surface area is 407 Å². The third kappa shape index (κ3) is 34.0. The maximum absolute atomic E-state index is 14.1. The molecule has 0 spiro atoms. The molecular weight excluding hydrogens is 855 g/mol. The molecule has 0 N–H and O–H groups in total. The zero-order valence-electron chi connectivity index (χ0n) is 44.0. The first-order valence-corrected chi connectivity index (χ1v) is 26.9. The Bertz CT molecular complexity index is 1220. The van der Waals surface area contributed by atoms with Gasteiger partial charge in [0.25, 0.3) is 0 Å². The lowest BCUT2D eigenvalue weighted by Crippen LogP contribution is -2.45. The minimum absolute atomic E-state index is 0.0986. The third-order valence-corrected chi connectivity index (χ3v) is 12.3. The molecule has 0 heterocycles. The highest BCUT2D eigenvalue weighted by Gasteiger charge is 2.41. The molecule has 0 saturated carbocycles. The number of unbranched alkanes of at least 4 members (excludes halogenated alkanes) is 15. The number of ether oxygens (including phenoxy) is 6. The molecule has 0 aromatic rings. The summed E-state index contributed by atoms with van der Waals surface area (Å²) < 4.78 is 35.2. The van der Waals surface area contributed by atoms with E-state index >= 15 is 0 Å². The second kappa shape index (κ2) is 43.0. The molecule has 392 valence electrons. The normalized spacial score (nSPS) is 13.2. The van der Waals surface area contributed by atoms with E-state index in [1.54, 1.807) is 0 Å². The van der Waals surface area contributed by atoms with Crippen LogP contribution in [-0.4, -0.2) is 107 Å². The van der Waals surface area contributed by atoms with Crippen LogP contribution in [0.1, 0.15) is 221 Å². The smallest absolute Gasteiger partial charge is 0.320 e. The van der Waals surface area contributed by atoms with Gasteiger partial charge in [-0.3, -0.25) is 28.8 Å². The number of ketones is 1. The maximum atomic E-state index is 14.1. The van der Waals surface area contributed by atoms with E-state index in [0.717, 1.165) is 128 Å². The molecule has 3 atom stereocenters. The van der Waals surface area contributed by atoms with Gasteiger partial charge < -0.3 is 33.3 Å². The molecule has 0 bridgehead atoms. The fraction of sp³-hybridized carbons (Fsp3) is 0.889. The molecule has 13 heteroatoms. The first-order valence-electron chi connectivity index (χ1n) is 26.9. The van der Waals surface area contributed by atoms with Crippen molar-refractivity contribution < 1.29 is 57.2 Å². The van der Waals surface area contributed by atoms with Crippen LogP contribution in [0.15, 0.2) is 0 Å². The lowest BCUT2D eigenvalue weighted by Gasteiger charge is -2.32. The molecule has 13 nitrogen and oxygen atoms in total. The molecule has 0 aliphatic heterocycles. The standard InChI is InChI=1S/C54H99NO12/c1-9-15-21-26-33-46(48(56)40-62-37-28-20-14-6)51(59)66-43-54(41-64-49(57)35-30-36-55(7)8,42-65-50(58)39-45(31-24-18-12-4)32-25-19-13-5)44-67-53(61)47(34-27-22-16-10-2)52(60)63-38-29-23-17-11-3/h45-47H,9-44H2,1-8H3. The predicted molar refractivity (Wildman–Crippen MR) is 265 cm³/mol. The summed E-state index contributed by atoms with van der Waals surface area (Å²) in [4.78, 5) is 84.3. The van der Waals surface area contributed by atoms with Crippen molar-refractivity contribution in [2.75, 3.05) is 66.9 Å². The van der Waals surface area contributed by atoms with E-state index in [1.165, 1.54) is 0 Å². The van der Waals surface area contributed by atoms with E-state index in [2.05, 4.69) is 41.5 Å². The minimum Gasteiger partial charge on any atom is -0.465 e. The largest absolute Gasteiger partial charge is 0.465 e. The van der Waals surface area contributed by atoms with Crippen molar-refractivity contribution in [1.29, 1.82) is 0 Å². The summed E-state index contributed by atoms with van der Waals surface area (Å²) in [5.41, 5.74) is -1.57. The predicted octanol–water partition coefficient (Wildman–Crippen LogP) is 11.7. The van der Waals surface area contributed by atoms with Crippen LogP contribution in [0, 0.1) is 23.2 Å². The zero-order chi connectivity index (χ0) is 50.0. The summed E-state index contributed by atoms with van der Waals surface area (Å²) >= 11 is 0. The molecule has 0 amide bonds. The molecule has 3 unspecified atom stereocenters. The lowest BCUT2D eigenvalue weighted by molar-refractivity contribution is -0.175. The van der Waals surface area contributed by atoms with Gasteiger partial charge in [-0.2, -0.15) is 0 Å². The summed E-state index contributed by atoms with van der Waals surface area (Å²) in [6.07, 6.45) is 22.5. The Morgan fingerprint density at radius 3 is 1.39 bits per heavy atom. The Morgan fingerprint density at radius 1 is 0.433 bits per heavy atom.